The number of nitrogens with one attached hydrogen (secondary N) is 2. The summed E-state index contributed by atoms with van der Waals surface area (Å²) in [5.74, 6) is 0.950. The van der Waals surface area contributed by atoms with Crippen LogP contribution in [0.1, 0.15) is 44.9 Å². The Hall–Kier alpha value is -0.340. The van der Waals surface area contributed by atoms with E-state index in [-0.39, 0.29) is 24.0 Å². The van der Waals surface area contributed by atoms with Crippen LogP contribution in [-0.4, -0.2) is 75.7 Å². The SMILES string of the molecule is CN=C(NCCCCN1CCN(C)CC1)NCCC1=CCCCC1.I. The zero-order valence-electron chi connectivity index (χ0n) is 16.2. The van der Waals surface area contributed by atoms with Gasteiger partial charge in [-0.1, -0.05) is 11.6 Å². The molecule has 0 aromatic heterocycles. The maximum Gasteiger partial charge on any atom is 0.190 e. The zero-order chi connectivity index (χ0) is 17.0. The first-order valence-electron chi connectivity index (χ1n) is 9.81. The Morgan fingerprint density at radius 2 is 1.84 bits per heavy atom. The summed E-state index contributed by atoms with van der Waals surface area (Å²) in [5.41, 5.74) is 1.62. The smallest absolute Gasteiger partial charge is 0.190 e. The fourth-order valence-electron chi connectivity index (χ4n) is 3.43. The van der Waals surface area contributed by atoms with Gasteiger partial charge in [0.1, 0.15) is 0 Å². The number of allylic oxidation sites excluding steroid dienone is 1. The molecule has 0 saturated carbocycles. The number of unbranched alkanes of at least 4 members (excludes halogenated alkanes) is 1. The third-order valence-electron chi connectivity index (χ3n) is 5.14. The van der Waals surface area contributed by atoms with E-state index >= 15 is 0 Å². The minimum atomic E-state index is 0. The normalized spacial score (nSPS) is 19.9. The van der Waals surface area contributed by atoms with Crippen molar-refractivity contribution in [1.29, 1.82) is 0 Å². The quantitative estimate of drug-likeness (QED) is 0.191. The summed E-state index contributed by atoms with van der Waals surface area (Å²) < 4.78 is 0. The van der Waals surface area contributed by atoms with Crippen LogP contribution in [0.3, 0.4) is 0 Å². The summed E-state index contributed by atoms with van der Waals surface area (Å²) in [6, 6.07) is 0. The number of nitrogens with zero attached hydrogens (tertiary/aromatic N) is 3. The molecule has 0 radical (unpaired) electrons. The molecule has 0 spiro atoms. The minimum Gasteiger partial charge on any atom is -0.356 e. The van der Waals surface area contributed by atoms with Gasteiger partial charge in [0.15, 0.2) is 5.96 Å². The van der Waals surface area contributed by atoms with Crippen LogP contribution in [0.15, 0.2) is 16.6 Å². The largest absolute Gasteiger partial charge is 0.356 e. The lowest BCUT2D eigenvalue weighted by Gasteiger charge is -2.32. The first-order chi connectivity index (χ1) is 11.8. The molecular weight excluding hydrogens is 425 g/mol. The Balaban J connectivity index is 0.00000312. The molecule has 1 heterocycles. The number of hydrogen-bond donors (Lipinski definition) is 2. The minimum absolute atomic E-state index is 0. The van der Waals surface area contributed by atoms with Gasteiger partial charge in [-0.3, -0.25) is 4.99 Å². The highest BCUT2D eigenvalue weighted by Crippen LogP contribution is 2.19. The fraction of sp³-hybridized carbons (Fsp3) is 0.842. The average molecular weight is 463 g/mol. The Bertz CT molecular complexity index is 403. The Kier molecular flexibility index (Phi) is 12.5. The molecule has 6 heteroatoms. The maximum absolute atomic E-state index is 4.33. The lowest BCUT2D eigenvalue weighted by molar-refractivity contribution is 0.152. The van der Waals surface area contributed by atoms with Crippen LogP contribution in [0.5, 0.6) is 0 Å². The van der Waals surface area contributed by atoms with Gasteiger partial charge in [0, 0.05) is 46.3 Å². The summed E-state index contributed by atoms with van der Waals surface area (Å²) >= 11 is 0. The molecule has 0 aromatic rings. The molecule has 25 heavy (non-hydrogen) atoms. The van der Waals surface area contributed by atoms with Gasteiger partial charge < -0.3 is 20.4 Å². The fourth-order valence-corrected chi connectivity index (χ4v) is 3.43. The molecule has 1 fully saturated rings. The highest BCUT2D eigenvalue weighted by molar-refractivity contribution is 14.0. The average Bonchev–Trinajstić information content (AvgIpc) is 2.62. The van der Waals surface area contributed by atoms with Crippen molar-refractivity contribution in [2.75, 3.05) is 59.9 Å². The van der Waals surface area contributed by atoms with Crippen molar-refractivity contribution >= 4 is 29.9 Å². The number of guanidine groups is 1. The number of likely N-dealkylation sites (N-methyl/N-ethyl adjacent to an activating group) is 1. The highest BCUT2D eigenvalue weighted by Gasteiger charge is 2.12. The van der Waals surface area contributed by atoms with Crippen LogP contribution < -0.4 is 10.6 Å². The lowest BCUT2D eigenvalue weighted by atomic mass is 9.97. The molecule has 0 atom stereocenters. The molecular formula is C19H38IN5. The molecule has 1 aliphatic carbocycles. The summed E-state index contributed by atoms with van der Waals surface area (Å²) in [4.78, 5) is 9.33. The van der Waals surface area contributed by atoms with E-state index in [2.05, 4.69) is 38.5 Å². The van der Waals surface area contributed by atoms with E-state index in [9.17, 15) is 0 Å². The Morgan fingerprint density at radius 1 is 1.08 bits per heavy atom. The van der Waals surface area contributed by atoms with E-state index in [1.54, 1.807) is 5.57 Å². The predicted molar refractivity (Wildman–Crippen MR) is 119 cm³/mol. The van der Waals surface area contributed by atoms with E-state index < -0.39 is 0 Å². The van der Waals surface area contributed by atoms with Crippen LogP contribution in [0.25, 0.3) is 0 Å². The molecule has 0 bridgehead atoms. The topological polar surface area (TPSA) is 42.9 Å². The molecule has 1 saturated heterocycles. The van der Waals surface area contributed by atoms with Crippen molar-refractivity contribution in [2.24, 2.45) is 4.99 Å². The Morgan fingerprint density at radius 3 is 2.52 bits per heavy atom. The summed E-state index contributed by atoms with van der Waals surface area (Å²) in [6.07, 6.45) is 11.4. The zero-order valence-corrected chi connectivity index (χ0v) is 18.6. The molecule has 2 aliphatic rings. The molecule has 2 N–H and O–H groups in total. The number of hydrogen-bond acceptors (Lipinski definition) is 3. The lowest BCUT2D eigenvalue weighted by Crippen LogP contribution is -2.44. The van der Waals surface area contributed by atoms with E-state index in [1.807, 2.05) is 7.05 Å². The summed E-state index contributed by atoms with van der Waals surface area (Å²) in [7, 11) is 4.07. The van der Waals surface area contributed by atoms with Crippen LogP contribution in [0.2, 0.25) is 0 Å². The number of piperazine rings is 1. The molecule has 0 aromatic carbocycles. The number of halogens is 1. The van der Waals surface area contributed by atoms with Crippen molar-refractivity contribution in [3.8, 4) is 0 Å². The standard InChI is InChI=1S/C19H37N5.HI/c1-20-19(22-12-10-18-8-4-3-5-9-18)21-11-6-7-13-24-16-14-23(2)15-17-24;/h8H,3-7,9-17H2,1-2H3,(H2,20,21,22);1H. The summed E-state index contributed by atoms with van der Waals surface area (Å²) in [5, 5.41) is 6.89. The Labute approximate surface area is 171 Å². The highest BCUT2D eigenvalue weighted by atomic mass is 127. The number of aliphatic imine (C=N–C) groups is 1. The van der Waals surface area contributed by atoms with Crippen LogP contribution in [0.4, 0.5) is 0 Å². The molecule has 0 amide bonds. The van der Waals surface area contributed by atoms with Gasteiger partial charge in [-0.25, -0.2) is 0 Å². The number of rotatable bonds is 8. The van der Waals surface area contributed by atoms with Crippen molar-refractivity contribution < 1.29 is 0 Å². The predicted octanol–water partition coefficient (Wildman–Crippen LogP) is 2.69. The van der Waals surface area contributed by atoms with Gasteiger partial charge in [-0.15, -0.1) is 24.0 Å². The van der Waals surface area contributed by atoms with Crippen molar-refractivity contribution in [3.05, 3.63) is 11.6 Å². The second kappa shape index (κ2) is 13.8. The van der Waals surface area contributed by atoms with Crippen LogP contribution >= 0.6 is 24.0 Å². The molecule has 2 rings (SSSR count). The van der Waals surface area contributed by atoms with Crippen LogP contribution in [-0.2, 0) is 0 Å². The van der Waals surface area contributed by atoms with Gasteiger partial charge >= 0.3 is 0 Å². The first kappa shape index (κ1) is 22.7. The molecule has 146 valence electrons. The maximum atomic E-state index is 4.33. The van der Waals surface area contributed by atoms with Gasteiger partial charge in [-0.05, 0) is 58.5 Å². The van der Waals surface area contributed by atoms with Gasteiger partial charge in [0.05, 0.1) is 0 Å². The van der Waals surface area contributed by atoms with Gasteiger partial charge in [0.25, 0.3) is 0 Å². The van der Waals surface area contributed by atoms with E-state index in [0.29, 0.717) is 0 Å². The second-order valence-electron chi connectivity index (χ2n) is 7.14. The van der Waals surface area contributed by atoms with E-state index in [4.69, 9.17) is 0 Å². The second-order valence-corrected chi connectivity index (χ2v) is 7.14. The molecule has 5 nitrogen and oxygen atoms in total. The van der Waals surface area contributed by atoms with E-state index in [0.717, 1.165) is 25.5 Å². The monoisotopic (exact) mass is 463 g/mol. The van der Waals surface area contributed by atoms with Gasteiger partial charge in [-0.2, -0.15) is 0 Å². The third-order valence-corrected chi connectivity index (χ3v) is 5.14. The summed E-state index contributed by atoms with van der Waals surface area (Å²) in [6.45, 7) is 8.11. The third kappa shape index (κ3) is 9.80. The van der Waals surface area contributed by atoms with Crippen LogP contribution in [0, 0.1) is 0 Å². The first-order valence-corrected chi connectivity index (χ1v) is 9.81. The molecule has 0 unspecified atom stereocenters. The van der Waals surface area contributed by atoms with Crippen molar-refractivity contribution in [1.82, 2.24) is 20.4 Å². The van der Waals surface area contributed by atoms with Gasteiger partial charge in [0.2, 0.25) is 0 Å². The van der Waals surface area contributed by atoms with Crippen molar-refractivity contribution in [2.45, 2.75) is 44.9 Å². The molecule has 1 aliphatic heterocycles. The van der Waals surface area contributed by atoms with E-state index in [1.165, 1.54) is 71.2 Å². The van der Waals surface area contributed by atoms with Crippen molar-refractivity contribution in [3.63, 3.8) is 0 Å².